The van der Waals surface area contributed by atoms with Gasteiger partial charge in [-0.3, -0.25) is 14.4 Å². The van der Waals surface area contributed by atoms with Crippen molar-refractivity contribution in [2.45, 2.75) is 38.6 Å². The van der Waals surface area contributed by atoms with E-state index in [1.54, 1.807) is 24.3 Å². The number of aromatic nitrogens is 2. The number of benzene rings is 1. The van der Waals surface area contributed by atoms with Gasteiger partial charge in [0.05, 0.1) is 12.2 Å². The van der Waals surface area contributed by atoms with Gasteiger partial charge in [-0.15, -0.1) is 0 Å². The number of rotatable bonds is 3. The molecule has 2 saturated carbocycles. The molecule has 1 atom stereocenters. The number of nitrogens with two attached hydrogens (primary N) is 1. The fourth-order valence-corrected chi connectivity index (χ4v) is 4.66. The highest BCUT2D eigenvalue weighted by molar-refractivity contribution is 5.93. The summed E-state index contributed by atoms with van der Waals surface area (Å²) in [6.45, 7) is 0.965. The Balaban J connectivity index is 1.40. The van der Waals surface area contributed by atoms with E-state index in [2.05, 4.69) is 9.97 Å². The fourth-order valence-electron chi connectivity index (χ4n) is 4.66. The quantitative estimate of drug-likeness (QED) is 0.845. The molecule has 2 aliphatic carbocycles. The molecule has 7 nitrogen and oxygen atoms in total. The van der Waals surface area contributed by atoms with Gasteiger partial charge >= 0.3 is 0 Å². The first-order valence-electron chi connectivity index (χ1n) is 9.78. The molecule has 7 heteroatoms. The molecule has 0 radical (unpaired) electrons. The summed E-state index contributed by atoms with van der Waals surface area (Å²) in [4.78, 5) is 46.0. The van der Waals surface area contributed by atoms with Crippen LogP contribution in [0.25, 0.3) is 11.4 Å². The second-order valence-corrected chi connectivity index (χ2v) is 8.26. The number of hydrogen-bond donors (Lipinski definition) is 2. The Hall–Kier alpha value is -2.96. The fraction of sp³-hybridized carbons (Fsp3) is 0.429. The van der Waals surface area contributed by atoms with Crippen LogP contribution in [0, 0.1) is 11.3 Å². The minimum atomic E-state index is -0.503. The van der Waals surface area contributed by atoms with Crippen LogP contribution in [0.1, 0.15) is 47.3 Å². The third-order valence-corrected chi connectivity index (χ3v) is 6.67. The van der Waals surface area contributed by atoms with Gasteiger partial charge in [0.25, 0.3) is 5.56 Å². The second kappa shape index (κ2) is 6.02. The van der Waals surface area contributed by atoms with Crippen molar-refractivity contribution < 1.29 is 9.59 Å². The number of aromatic amines is 1. The number of nitrogens with one attached hydrogen (secondary N) is 1. The second-order valence-electron chi connectivity index (χ2n) is 8.26. The zero-order valence-corrected chi connectivity index (χ0v) is 15.5. The molecule has 3 aliphatic rings. The van der Waals surface area contributed by atoms with Crippen molar-refractivity contribution in [2.75, 3.05) is 6.54 Å². The van der Waals surface area contributed by atoms with Crippen LogP contribution < -0.4 is 11.3 Å². The third-order valence-electron chi connectivity index (χ3n) is 6.67. The van der Waals surface area contributed by atoms with Crippen LogP contribution in [-0.4, -0.2) is 33.2 Å². The summed E-state index contributed by atoms with van der Waals surface area (Å²) in [5.74, 6) is 0.332. The highest BCUT2D eigenvalue weighted by Gasteiger charge is 2.61. The summed E-state index contributed by atoms with van der Waals surface area (Å²) in [6.07, 6.45) is 5.15. The first kappa shape index (κ1) is 17.2. The molecule has 0 unspecified atom stereocenters. The van der Waals surface area contributed by atoms with Gasteiger partial charge in [-0.05, 0) is 43.2 Å². The van der Waals surface area contributed by atoms with Crippen molar-refractivity contribution in [3.63, 3.8) is 0 Å². The molecule has 1 aromatic carbocycles. The molecular weight excluding hydrogens is 356 g/mol. The van der Waals surface area contributed by atoms with Gasteiger partial charge in [0.1, 0.15) is 5.82 Å². The molecule has 3 N–H and O–H groups in total. The lowest BCUT2D eigenvalue weighted by atomic mass is 9.79. The van der Waals surface area contributed by atoms with Gasteiger partial charge in [0, 0.05) is 29.2 Å². The molecule has 144 valence electrons. The van der Waals surface area contributed by atoms with E-state index in [9.17, 15) is 14.4 Å². The van der Waals surface area contributed by atoms with Gasteiger partial charge < -0.3 is 15.6 Å². The maximum Gasteiger partial charge on any atom is 0.254 e. The average Bonchev–Trinajstić information content (AvgIpc) is 3.43. The Labute approximate surface area is 162 Å². The molecule has 2 aromatic rings. The normalized spacial score (nSPS) is 21.7. The number of fused-ring (bicyclic) bond motifs is 1. The largest absolute Gasteiger partial charge is 0.366 e. The average molecular weight is 378 g/mol. The summed E-state index contributed by atoms with van der Waals surface area (Å²) in [5, 5.41) is 0. The van der Waals surface area contributed by atoms with Crippen molar-refractivity contribution in [1.29, 1.82) is 0 Å². The molecule has 0 bridgehead atoms. The summed E-state index contributed by atoms with van der Waals surface area (Å²) < 4.78 is 0. The first-order chi connectivity index (χ1) is 13.5. The van der Waals surface area contributed by atoms with Crippen LogP contribution in [0.15, 0.2) is 29.1 Å². The zero-order valence-electron chi connectivity index (χ0n) is 15.5. The van der Waals surface area contributed by atoms with Crippen molar-refractivity contribution in [1.82, 2.24) is 14.9 Å². The molecule has 2 fully saturated rings. The topological polar surface area (TPSA) is 109 Å². The minimum Gasteiger partial charge on any atom is -0.366 e. The summed E-state index contributed by atoms with van der Waals surface area (Å²) in [5.41, 5.74) is 7.84. The van der Waals surface area contributed by atoms with Crippen LogP contribution in [-0.2, 0) is 17.8 Å². The Kier molecular flexibility index (Phi) is 3.69. The summed E-state index contributed by atoms with van der Waals surface area (Å²) in [7, 11) is 0. The van der Waals surface area contributed by atoms with E-state index in [1.165, 1.54) is 19.3 Å². The first-order valence-corrected chi connectivity index (χ1v) is 9.78. The maximum absolute atomic E-state index is 12.9. The number of H-pyrrole nitrogens is 1. The number of primary amides is 1. The minimum absolute atomic E-state index is 0.159. The lowest BCUT2D eigenvalue weighted by Crippen LogP contribution is -2.41. The van der Waals surface area contributed by atoms with Gasteiger partial charge in [-0.25, -0.2) is 4.98 Å². The summed E-state index contributed by atoms with van der Waals surface area (Å²) in [6, 6.07) is 6.64. The number of hydrogen-bond acceptors (Lipinski definition) is 4. The molecule has 1 spiro atoms. The number of carbonyl (C=O) groups excluding carboxylic acids is 2. The van der Waals surface area contributed by atoms with Gasteiger partial charge in [0.2, 0.25) is 11.8 Å². The van der Waals surface area contributed by atoms with Crippen LogP contribution in [0.4, 0.5) is 0 Å². The maximum atomic E-state index is 12.9. The standard InChI is InChI=1S/C21H22N4O3/c22-17(26)12-2-4-13(5-3-12)18-23-16-11-25(9-6-14(16)19(27)24-18)20(28)15-10-21(15)7-1-8-21/h2-5,15H,1,6-11H2,(H2,22,26)(H,23,24,27)/t15-/m0/s1. The molecular formula is C21H22N4O3. The van der Waals surface area contributed by atoms with E-state index in [0.29, 0.717) is 53.1 Å². The molecule has 1 aromatic heterocycles. The third kappa shape index (κ3) is 2.65. The Bertz CT molecular complexity index is 1040. The Morgan fingerprint density at radius 3 is 2.57 bits per heavy atom. The van der Waals surface area contributed by atoms with Crippen molar-refractivity contribution in [3.8, 4) is 11.4 Å². The number of nitrogens with zero attached hydrogens (tertiary/aromatic N) is 2. The molecule has 5 rings (SSSR count). The highest BCUT2D eigenvalue weighted by atomic mass is 16.2. The lowest BCUT2D eigenvalue weighted by molar-refractivity contribution is -0.135. The molecule has 2 heterocycles. The van der Waals surface area contributed by atoms with E-state index < -0.39 is 5.91 Å². The molecule has 1 aliphatic heterocycles. The van der Waals surface area contributed by atoms with Crippen LogP contribution in [0.5, 0.6) is 0 Å². The van der Waals surface area contributed by atoms with E-state index in [1.807, 2.05) is 4.90 Å². The van der Waals surface area contributed by atoms with Gasteiger partial charge in [-0.1, -0.05) is 18.6 Å². The van der Waals surface area contributed by atoms with E-state index >= 15 is 0 Å². The number of amides is 2. The Morgan fingerprint density at radius 1 is 1.21 bits per heavy atom. The van der Waals surface area contributed by atoms with Crippen molar-refractivity contribution in [2.24, 2.45) is 17.1 Å². The highest BCUT2D eigenvalue weighted by Crippen LogP contribution is 2.66. The smallest absolute Gasteiger partial charge is 0.254 e. The molecule has 28 heavy (non-hydrogen) atoms. The van der Waals surface area contributed by atoms with E-state index in [4.69, 9.17) is 5.73 Å². The van der Waals surface area contributed by atoms with Crippen LogP contribution in [0.2, 0.25) is 0 Å². The predicted octanol–water partition coefficient (Wildman–Crippen LogP) is 1.61. The predicted molar refractivity (Wildman–Crippen MR) is 102 cm³/mol. The lowest BCUT2D eigenvalue weighted by Gasteiger charge is -2.31. The molecule has 2 amide bonds. The van der Waals surface area contributed by atoms with Crippen LogP contribution >= 0.6 is 0 Å². The summed E-state index contributed by atoms with van der Waals surface area (Å²) >= 11 is 0. The number of carbonyl (C=O) groups is 2. The van der Waals surface area contributed by atoms with E-state index in [-0.39, 0.29) is 17.4 Å². The monoisotopic (exact) mass is 378 g/mol. The zero-order chi connectivity index (χ0) is 19.5. The SMILES string of the molecule is NC(=O)c1ccc(-c2nc3c(c(=O)[nH]2)CCN(C(=O)[C@@H]2CC24CCC4)C3)cc1. The van der Waals surface area contributed by atoms with E-state index in [0.717, 1.165) is 6.42 Å². The molecule has 0 saturated heterocycles. The van der Waals surface area contributed by atoms with Gasteiger partial charge in [0.15, 0.2) is 0 Å². The van der Waals surface area contributed by atoms with Gasteiger partial charge in [-0.2, -0.15) is 0 Å². The van der Waals surface area contributed by atoms with Crippen molar-refractivity contribution in [3.05, 3.63) is 51.4 Å². The Morgan fingerprint density at radius 2 is 1.96 bits per heavy atom. The van der Waals surface area contributed by atoms with Crippen LogP contribution in [0.3, 0.4) is 0 Å². The van der Waals surface area contributed by atoms with Crippen molar-refractivity contribution >= 4 is 11.8 Å².